The molecule has 2 aliphatic rings. The zero-order chi connectivity index (χ0) is 24.5. The number of carbonyl (C=O) groups is 1. The molecule has 1 saturated heterocycles. The largest absolute Gasteiger partial charge is 0.444 e. The van der Waals surface area contributed by atoms with E-state index in [1.807, 2.05) is 40.0 Å². The van der Waals surface area contributed by atoms with Crippen molar-refractivity contribution in [3.8, 4) is 0 Å². The molecule has 2 aromatic rings. The number of pyridine rings is 1. The average Bonchev–Trinajstić information content (AvgIpc) is 2.77. The first-order valence-corrected chi connectivity index (χ1v) is 12.3. The molecule has 3 heterocycles. The minimum absolute atomic E-state index is 0.135. The van der Waals surface area contributed by atoms with Crippen LogP contribution in [0.25, 0.3) is 0 Å². The molecule has 4 rings (SSSR count). The Hall–Kier alpha value is -2.74. The maximum Gasteiger partial charge on any atom is 0.410 e. The summed E-state index contributed by atoms with van der Waals surface area (Å²) < 4.78 is 5.56. The van der Waals surface area contributed by atoms with E-state index in [0.717, 1.165) is 36.7 Å². The highest BCUT2D eigenvalue weighted by Gasteiger charge is 2.31. The molecule has 2 unspecified atom stereocenters. The number of anilines is 1. The Balaban J connectivity index is 1.45. The Kier molecular flexibility index (Phi) is 7.07. The summed E-state index contributed by atoms with van der Waals surface area (Å²) in [5.41, 5.74) is 3.09. The maximum atomic E-state index is 12.5. The molecule has 34 heavy (non-hydrogen) atoms. The van der Waals surface area contributed by atoms with Gasteiger partial charge in [0.2, 0.25) is 0 Å². The third kappa shape index (κ3) is 5.66. The smallest absolute Gasteiger partial charge is 0.410 e. The highest BCUT2D eigenvalue weighted by atomic mass is 16.6. The van der Waals surface area contributed by atoms with Gasteiger partial charge < -0.3 is 14.5 Å². The summed E-state index contributed by atoms with van der Waals surface area (Å²) in [5, 5.41) is 0. The molecule has 1 aliphatic heterocycles. The number of nitrogens with zero attached hydrogens (tertiary/aromatic N) is 6. The van der Waals surface area contributed by atoms with Crippen LogP contribution in [0.5, 0.6) is 0 Å². The van der Waals surface area contributed by atoms with Crippen LogP contribution in [-0.4, -0.2) is 69.2 Å². The quantitative estimate of drug-likeness (QED) is 0.670. The minimum atomic E-state index is -0.490. The van der Waals surface area contributed by atoms with E-state index in [1.165, 1.54) is 17.7 Å². The van der Waals surface area contributed by atoms with Crippen molar-refractivity contribution in [2.75, 3.05) is 31.6 Å². The van der Waals surface area contributed by atoms with Crippen LogP contribution in [0.4, 0.5) is 10.6 Å². The third-order valence-electron chi connectivity index (χ3n) is 6.56. The Morgan fingerprint density at radius 3 is 2.79 bits per heavy atom. The molecule has 2 aromatic heterocycles. The van der Waals surface area contributed by atoms with Gasteiger partial charge in [-0.2, -0.15) is 0 Å². The summed E-state index contributed by atoms with van der Waals surface area (Å²) in [5.74, 6) is 1.69. The van der Waals surface area contributed by atoms with Gasteiger partial charge in [0.05, 0.1) is 17.4 Å². The molecule has 0 saturated carbocycles. The van der Waals surface area contributed by atoms with Gasteiger partial charge in [-0.3, -0.25) is 9.88 Å². The number of hydrogen-bond acceptors (Lipinski definition) is 7. The Labute approximate surface area is 203 Å². The van der Waals surface area contributed by atoms with Crippen LogP contribution >= 0.6 is 0 Å². The molecule has 0 radical (unpaired) electrons. The lowest BCUT2D eigenvalue weighted by molar-refractivity contribution is 0.0218. The van der Waals surface area contributed by atoms with Crippen LogP contribution in [0.1, 0.15) is 69.4 Å². The molecule has 184 valence electrons. The zero-order valence-electron chi connectivity index (χ0n) is 21.4. The Bertz CT molecular complexity index is 1020. The lowest BCUT2D eigenvalue weighted by Gasteiger charge is -2.41. The predicted molar refractivity (Wildman–Crippen MR) is 133 cm³/mol. The highest BCUT2D eigenvalue weighted by Crippen LogP contribution is 2.33. The van der Waals surface area contributed by atoms with Crippen LogP contribution in [0.3, 0.4) is 0 Å². The monoisotopic (exact) mass is 466 g/mol. The number of fused-ring (bicyclic) bond motifs is 1. The van der Waals surface area contributed by atoms with Crippen molar-refractivity contribution in [3.05, 3.63) is 47.2 Å². The number of ether oxygens (including phenoxy) is 1. The second-order valence-electron chi connectivity index (χ2n) is 10.6. The van der Waals surface area contributed by atoms with Crippen LogP contribution in [-0.2, 0) is 17.7 Å². The van der Waals surface area contributed by atoms with E-state index in [9.17, 15) is 4.79 Å². The van der Waals surface area contributed by atoms with Gasteiger partial charge in [-0.15, -0.1) is 0 Å². The van der Waals surface area contributed by atoms with Gasteiger partial charge in [-0.05, 0) is 72.6 Å². The van der Waals surface area contributed by atoms with Crippen molar-refractivity contribution in [2.24, 2.45) is 0 Å². The van der Waals surface area contributed by atoms with E-state index in [0.29, 0.717) is 25.7 Å². The van der Waals surface area contributed by atoms with Crippen LogP contribution in [0.15, 0.2) is 24.4 Å². The zero-order valence-corrected chi connectivity index (χ0v) is 21.4. The van der Waals surface area contributed by atoms with Gasteiger partial charge in [0.25, 0.3) is 0 Å². The molecule has 0 aromatic carbocycles. The minimum Gasteiger partial charge on any atom is -0.444 e. The van der Waals surface area contributed by atoms with E-state index in [1.54, 1.807) is 4.90 Å². The maximum absolute atomic E-state index is 12.5. The van der Waals surface area contributed by atoms with Gasteiger partial charge in [-0.1, -0.05) is 6.07 Å². The second kappa shape index (κ2) is 9.86. The van der Waals surface area contributed by atoms with Gasteiger partial charge in [0.15, 0.2) is 0 Å². The number of carbonyl (C=O) groups excluding carboxylic acids is 1. The molecule has 0 N–H and O–H groups in total. The highest BCUT2D eigenvalue weighted by molar-refractivity contribution is 5.68. The first-order valence-electron chi connectivity index (χ1n) is 12.3. The first-order chi connectivity index (χ1) is 16.1. The van der Waals surface area contributed by atoms with E-state index < -0.39 is 5.60 Å². The number of hydrogen-bond donors (Lipinski definition) is 0. The van der Waals surface area contributed by atoms with Gasteiger partial charge in [-0.25, -0.2) is 14.8 Å². The van der Waals surface area contributed by atoms with Crippen LogP contribution in [0.2, 0.25) is 0 Å². The normalized spacial score (nSPS) is 20.9. The van der Waals surface area contributed by atoms with Crippen molar-refractivity contribution in [1.29, 1.82) is 0 Å². The van der Waals surface area contributed by atoms with Crippen LogP contribution < -0.4 is 4.90 Å². The fraction of sp³-hybridized carbons (Fsp3) is 0.615. The molecule has 1 aliphatic carbocycles. The molecule has 0 spiro atoms. The van der Waals surface area contributed by atoms with E-state index >= 15 is 0 Å². The number of piperazine rings is 1. The van der Waals surface area contributed by atoms with E-state index in [4.69, 9.17) is 19.7 Å². The third-order valence-corrected chi connectivity index (χ3v) is 6.56. The summed E-state index contributed by atoms with van der Waals surface area (Å²) in [7, 11) is 2.16. The topological polar surface area (TPSA) is 74.7 Å². The molecule has 2 atom stereocenters. The molecule has 8 heteroatoms. The number of aryl methyl sites for hydroxylation is 2. The molecule has 1 amide bonds. The van der Waals surface area contributed by atoms with Crippen molar-refractivity contribution >= 4 is 11.9 Å². The summed E-state index contributed by atoms with van der Waals surface area (Å²) in [4.78, 5) is 33.1. The van der Waals surface area contributed by atoms with Crippen molar-refractivity contribution in [1.82, 2.24) is 24.8 Å². The molecule has 8 nitrogen and oxygen atoms in total. The molecular formula is C26H38N6O2. The fourth-order valence-electron chi connectivity index (χ4n) is 5.01. The first kappa shape index (κ1) is 24.4. The molecular weight excluding hydrogens is 428 g/mol. The molecule has 1 fully saturated rings. The fourth-order valence-corrected chi connectivity index (χ4v) is 5.01. The molecule has 0 bridgehead atoms. The number of aromatic nitrogens is 3. The van der Waals surface area contributed by atoms with Gasteiger partial charge >= 0.3 is 6.09 Å². The average molecular weight is 467 g/mol. The van der Waals surface area contributed by atoms with Crippen molar-refractivity contribution in [3.63, 3.8) is 0 Å². The lowest BCUT2D eigenvalue weighted by atomic mass is 9.91. The number of rotatable bonds is 4. The van der Waals surface area contributed by atoms with Gasteiger partial charge in [0.1, 0.15) is 17.2 Å². The van der Waals surface area contributed by atoms with E-state index in [2.05, 4.69) is 35.9 Å². The second-order valence-corrected chi connectivity index (χ2v) is 10.6. The lowest BCUT2D eigenvalue weighted by Crippen LogP contribution is -2.54. The van der Waals surface area contributed by atoms with E-state index in [-0.39, 0.29) is 12.1 Å². The Morgan fingerprint density at radius 1 is 1.26 bits per heavy atom. The summed E-state index contributed by atoms with van der Waals surface area (Å²) in [6.07, 6.45) is 5.05. The SMILES string of the molecule is Cc1nc(CN(C)C2CCCc3cccnc32)cc(N2CCN(C(=O)OC(C)(C)C)CC2C)n1. The van der Waals surface area contributed by atoms with Crippen molar-refractivity contribution < 1.29 is 9.53 Å². The summed E-state index contributed by atoms with van der Waals surface area (Å²) in [6.45, 7) is 12.4. The summed E-state index contributed by atoms with van der Waals surface area (Å²) >= 11 is 0. The standard InChI is InChI=1S/C26H38N6O2/c1-18-16-31(25(33)34-26(3,4)5)13-14-32(18)23-15-21(28-19(2)29-23)17-30(6)22-11-7-9-20-10-8-12-27-24(20)22/h8,10,12,15,18,22H,7,9,11,13-14,16-17H2,1-6H3. The number of amides is 1. The predicted octanol–water partition coefficient (Wildman–Crippen LogP) is 4.14. The van der Waals surface area contributed by atoms with Gasteiger partial charge in [0, 0.05) is 44.5 Å². The summed E-state index contributed by atoms with van der Waals surface area (Å²) in [6, 6.07) is 6.78. The van der Waals surface area contributed by atoms with Crippen LogP contribution in [0, 0.1) is 6.92 Å². The Morgan fingerprint density at radius 2 is 2.06 bits per heavy atom. The van der Waals surface area contributed by atoms with Crippen molar-refractivity contribution in [2.45, 2.75) is 78.1 Å².